The lowest BCUT2D eigenvalue weighted by Crippen LogP contribution is -2.51. The highest BCUT2D eigenvalue weighted by atomic mass is 32.1. The first-order valence-electron chi connectivity index (χ1n) is 8.75. The fourth-order valence-corrected chi connectivity index (χ4v) is 4.44. The summed E-state index contributed by atoms with van der Waals surface area (Å²) in [6.07, 6.45) is 9.80. The molecular formula is C17H27N3O2S. The fourth-order valence-electron chi connectivity index (χ4n) is 3.74. The number of urea groups is 1. The van der Waals surface area contributed by atoms with Crippen LogP contribution >= 0.6 is 11.3 Å². The largest absolute Gasteiger partial charge is 0.375 e. The molecule has 6 heteroatoms. The number of nitrogens with one attached hydrogen (secondary N) is 2. The van der Waals surface area contributed by atoms with E-state index in [-0.39, 0.29) is 23.6 Å². The molecule has 2 aliphatic rings. The number of rotatable bonds is 4. The zero-order valence-corrected chi connectivity index (χ0v) is 14.7. The van der Waals surface area contributed by atoms with E-state index in [4.69, 9.17) is 4.74 Å². The Bertz CT molecular complexity index is 494. The predicted octanol–water partition coefficient (Wildman–Crippen LogP) is 3.43. The molecule has 2 amide bonds. The summed E-state index contributed by atoms with van der Waals surface area (Å²) in [4.78, 5) is 16.5. The van der Waals surface area contributed by atoms with E-state index in [1.165, 1.54) is 19.3 Å². The third kappa shape index (κ3) is 4.44. The van der Waals surface area contributed by atoms with Crippen LogP contribution in [0.1, 0.15) is 62.8 Å². The number of hydrogen-bond donors (Lipinski definition) is 2. The molecule has 0 aromatic carbocycles. The van der Waals surface area contributed by atoms with E-state index in [9.17, 15) is 4.79 Å². The van der Waals surface area contributed by atoms with Crippen molar-refractivity contribution in [1.82, 2.24) is 15.6 Å². The number of thiazole rings is 1. The van der Waals surface area contributed by atoms with Gasteiger partial charge in [-0.3, -0.25) is 0 Å². The third-order valence-electron chi connectivity index (χ3n) is 5.03. The quantitative estimate of drug-likeness (QED) is 0.885. The van der Waals surface area contributed by atoms with Crippen LogP contribution in [0.15, 0.2) is 11.6 Å². The second-order valence-electron chi connectivity index (χ2n) is 6.91. The van der Waals surface area contributed by atoms with Crippen LogP contribution in [0.4, 0.5) is 4.79 Å². The Morgan fingerprint density at radius 3 is 3.04 bits per heavy atom. The molecule has 1 saturated heterocycles. The van der Waals surface area contributed by atoms with Gasteiger partial charge in [0.1, 0.15) is 0 Å². The van der Waals surface area contributed by atoms with Crippen molar-refractivity contribution in [2.24, 2.45) is 0 Å². The van der Waals surface area contributed by atoms with Crippen LogP contribution in [0.25, 0.3) is 0 Å². The molecule has 5 nitrogen and oxygen atoms in total. The molecule has 0 unspecified atom stereocenters. The summed E-state index contributed by atoms with van der Waals surface area (Å²) in [7, 11) is 0. The first-order chi connectivity index (χ1) is 11.2. The van der Waals surface area contributed by atoms with Crippen molar-refractivity contribution < 1.29 is 9.53 Å². The van der Waals surface area contributed by atoms with Gasteiger partial charge in [-0.1, -0.05) is 26.2 Å². The number of aromatic nitrogens is 1. The number of ether oxygens (including phenoxy) is 1. The number of carbonyl (C=O) groups is 1. The molecule has 2 fully saturated rings. The van der Waals surface area contributed by atoms with Gasteiger partial charge in [0.25, 0.3) is 0 Å². The summed E-state index contributed by atoms with van der Waals surface area (Å²) in [5.74, 6) is 0.250. The van der Waals surface area contributed by atoms with E-state index < -0.39 is 0 Å². The highest BCUT2D eigenvalue weighted by Gasteiger charge is 2.38. The molecule has 1 aromatic heterocycles. The SMILES string of the molecule is C[C@@H](CNC(=O)N[C@@H]1CCOC2(CCCCC2)C1)c1nccs1. The smallest absolute Gasteiger partial charge is 0.315 e. The van der Waals surface area contributed by atoms with Gasteiger partial charge >= 0.3 is 6.03 Å². The van der Waals surface area contributed by atoms with Gasteiger partial charge in [-0.25, -0.2) is 9.78 Å². The van der Waals surface area contributed by atoms with E-state index in [1.54, 1.807) is 11.3 Å². The zero-order valence-electron chi connectivity index (χ0n) is 13.8. The van der Waals surface area contributed by atoms with E-state index in [2.05, 4.69) is 22.5 Å². The van der Waals surface area contributed by atoms with Crippen LogP contribution in [-0.2, 0) is 4.74 Å². The van der Waals surface area contributed by atoms with Gasteiger partial charge in [0.2, 0.25) is 0 Å². The first-order valence-corrected chi connectivity index (χ1v) is 9.63. The average Bonchev–Trinajstić information content (AvgIpc) is 3.08. The summed E-state index contributed by atoms with van der Waals surface area (Å²) in [5.41, 5.74) is 0.0304. The van der Waals surface area contributed by atoms with Gasteiger partial charge in [0.05, 0.1) is 10.6 Å². The lowest BCUT2D eigenvalue weighted by Gasteiger charge is -2.43. The maximum atomic E-state index is 12.2. The Morgan fingerprint density at radius 2 is 2.30 bits per heavy atom. The third-order valence-corrected chi connectivity index (χ3v) is 6.04. The number of carbonyl (C=O) groups excluding carboxylic acids is 1. The minimum absolute atomic E-state index is 0.0304. The highest BCUT2D eigenvalue weighted by molar-refractivity contribution is 7.09. The van der Waals surface area contributed by atoms with Crippen molar-refractivity contribution in [3.8, 4) is 0 Å². The normalized spacial score (nSPS) is 25.0. The molecule has 1 saturated carbocycles. The van der Waals surface area contributed by atoms with Crippen molar-refractivity contribution in [3.05, 3.63) is 16.6 Å². The molecular weight excluding hydrogens is 310 g/mol. The monoisotopic (exact) mass is 337 g/mol. The molecule has 23 heavy (non-hydrogen) atoms. The van der Waals surface area contributed by atoms with Crippen molar-refractivity contribution in [2.45, 2.75) is 69.4 Å². The second kappa shape index (κ2) is 7.62. The van der Waals surface area contributed by atoms with Gasteiger partial charge in [-0.2, -0.15) is 0 Å². The fraction of sp³-hybridized carbons (Fsp3) is 0.765. The molecule has 2 heterocycles. The maximum absolute atomic E-state index is 12.2. The molecule has 2 N–H and O–H groups in total. The van der Waals surface area contributed by atoms with Crippen molar-refractivity contribution >= 4 is 17.4 Å². The van der Waals surface area contributed by atoms with Gasteiger partial charge in [-0.05, 0) is 25.7 Å². The summed E-state index contributed by atoms with van der Waals surface area (Å²) in [6.45, 7) is 3.47. The molecule has 0 radical (unpaired) electrons. The lowest BCUT2D eigenvalue weighted by molar-refractivity contribution is -0.107. The van der Waals surface area contributed by atoms with Gasteiger partial charge in [-0.15, -0.1) is 11.3 Å². The van der Waals surface area contributed by atoms with E-state index in [0.717, 1.165) is 37.3 Å². The van der Waals surface area contributed by atoms with Crippen LogP contribution < -0.4 is 10.6 Å². The summed E-state index contributed by atoms with van der Waals surface area (Å²) < 4.78 is 6.09. The summed E-state index contributed by atoms with van der Waals surface area (Å²) >= 11 is 1.63. The Balaban J connectivity index is 1.44. The highest BCUT2D eigenvalue weighted by Crippen LogP contribution is 2.38. The van der Waals surface area contributed by atoms with Gasteiger partial charge in [0.15, 0.2) is 0 Å². The predicted molar refractivity (Wildman–Crippen MR) is 91.9 cm³/mol. The minimum atomic E-state index is -0.0636. The Kier molecular flexibility index (Phi) is 5.54. The van der Waals surface area contributed by atoms with Gasteiger partial charge < -0.3 is 15.4 Å². The number of amides is 2. The van der Waals surface area contributed by atoms with Gasteiger partial charge in [0, 0.05) is 36.7 Å². The topological polar surface area (TPSA) is 63.2 Å². The molecule has 3 rings (SSSR count). The Labute approximate surface area is 142 Å². The van der Waals surface area contributed by atoms with Crippen LogP contribution in [0.2, 0.25) is 0 Å². The van der Waals surface area contributed by atoms with Crippen LogP contribution in [-0.4, -0.2) is 35.8 Å². The van der Waals surface area contributed by atoms with Crippen LogP contribution in [0.5, 0.6) is 0 Å². The van der Waals surface area contributed by atoms with Crippen molar-refractivity contribution in [3.63, 3.8) is 0 Å². The number of hydrogen-bond acceptors (Lipinski definition) is 4. The molecule has 2 atom stereocenters. The van der Waals surface area contributed by atoms with E-state index in [1.807, 2.05) is 11.6 Å². The minimum Gasteiger partial charge on any atom is -0.375 e. The van der Waals surface area contributed by atoms with Crippen molar-refractivity contribution in [1.29, 1.82) is 0 Å². The van der Waals surface area contributed by atoms with Crippen LogP contribution in [0, 0.1) is 0 Å². The maximum Gasteiger partial charge on any atom is 0.315 e. The molecule has 128 valence electrons. The molecule has 1 spiro atoms. The second-order valence-corrected chi connectivity index (χ2v) is 7.83. The zero-order chi connectivity index (χ0) is 16.1. The lowest BCUT2D eigenvalue weighted by atomic mass is 9.78. The van der Waals surface area contributed by atoms with E-state index in [0.29, 0.717) is 6.54 Å². The molecule has 1 aromatic rings. The Morgan fingerprint density at radius 1 is 1.48 bits per heavy atom. The first kappa shape index (κ1) is 16.7. The number of nitrogens with zero attached hydrogens (tertiary/aromatic N) is 1. The van der Waals surface area contributed by atoms with Crippen LogP contribution in [0.3, 0.4) is 0 Å². The average molecular weight is 337 g/mol. The molecule has 0 bridgehead atoms. The summed E-state index contributed by atoms with van der Waals surface area (Å²) in [5, 5.41) is 9.17. The summed E-state index contributed by atoms with van der Waals surface area (Å²) in [6, 6.07) is 0.170. The molecule has 1 aliphatic carbocycles. The Hall–Kier alpha value is -1.14. The van der Waals surface area contributed by atoms with E-state index >= 15 is 0 Å². The van der Waals surface area contributed by atoms with Crippen molar-refractivity contribution in [2.75, 3.05) is 13.2 Å². The molecule has 1 aliphatic heterocycles. The standard InChI is InChI=1S/C17H27N3O2S/c1-13(15-18-8-10-23-15)12-19-16(21)20-14-5-9-22-17(11-14)6-3-2-4-7-17/h8,10,13-14H,2-7,9,11-12H2,1H3,(H2,19,20,21)/t13-,14+/m0/s1.